The molecule has 7 heteroatoms. The predicted molar refractivity (Wildman–Crippen MR) is 74.8 cm³/mol. The molecule has 0 aliphatic carbocycles. The molecule has 0 unspecified atom stereocenters. The van der Waals surface area contributed by atoms with Gasteiger partial charge in [-0.05, 0) is 32.0 Å². The van der Waals surface area contributed by atoms with Crippen molar-refractivity contribution in [1.82, 2.24) is 14.6 Å². The molecular formula is C13H17N3O3S. The highest BCUT2D eigenvalue weighted by Crippen LogP contribution is 2.23. The highest BCUT2D eigenvalue weighted by molar-refractivity contribution is 7.88. The summed E-state index contributed by atoms with van der Waals surface area (Å²) >= 11 is 0. The van der Waals surface area contributed by atoms with Gasteiger partial charge in [-0.15, -0.1) is 0 Å². The fraction of sp³-hybridized carbons (Fsp3) is 0.462. The van der Waals surface area contributed by atoms with Gasteiger partial charge >= 0.3 is 5.22 Å². The van der Waals surface area contributed by atoms with Crippen molar-refractivity contribution in [3.05, 3.63) is 24.3 Å². The van der Waals surface area contributed by atoms with Crippen LogP contribution in [0.4, 0.5) is 0 Å². The van der Waals surface area contributed by atoms with Gasteiger partial charge in [0.05, 0.1) is 0 Å². The first-order valence-corrected chi connectivity index (χ1v) is 8.08. The van der Waals surface area contributed by atoms with Gasteiger partial charge < -0.3 is 9.73 Å². The third-order valence-corrected chi connectivity index (χ3v) is 5.25. The van der Waals surface area contributed by atoms with Crippen molar-refractivity contribution >= 4 is 21.1 Å². The average molecular weight is 295 g/mol. The van der Waals surface area contributed by atoms with Crippen LogP contribution in [0.3, 0.4) is 0 Å². The summed E-state index contributed by atoms with van der Waals surface area (Å²) in [5.41, 5.74) is 1.06. The van der Waals surface area contributed by atoms with Crippen molar-refractivity contribution in [2.75, 3.05) is 20.1 Å². The molecule has 1 aromatic carbocycles. The molecule has 0 spiro atoms. The molecule has 108 valence electrons. The van der Waals surface area contributed by atoms with Crippen molar-refractivity contribution in [3.8, 4) is 0 Å². The Balaban J connectivity index is 1.94. The van der Waals surface area contributed by atoms with Gasteiger partial charge in [-0.25, -0.2) is 8.42 Å². The smallest absolute Gasteiger partial charge is 0.332 e. The molecule has 6 nitrogen and oxygen atoms in total. The maximum atomic E-state index is 12.6. The van der Waals surface area contributed by atoms with Gasteiger partial charge in [-0.1, -0.05) is 12.1 Å². The molecule has 0 bridgehead atoms. The molecule has 1 N–H and O–H groups in total. The van der Waals surface area contributed by atoms with Gasteiger partial charge in [-0.3, -0.25) is 0 Å². The Morgan fingerprint density at radius 2 is 2.20 bits per heavy atom. The zero-order valence-electron chi connectivity index (χ0n) is 11.2. The second-order valence-corrected chi connectivity index (χ2v) is 6.75. The van der Waals surface area contributed by atoms with E-state index in [2.05, 4.69) is 10.3 Å². The first-order valence-electron chi connectivity index (χ1n) is 6.64. The minimum atomic E-state index is -3.65. The summed E-state index contributed by atoms with van der Waals surface area (Å²) in [6.45, 7) is 0.969. The standard InChI is InChI=1S/C13H17N3O3S/c1-14-10-5-4-8-16(9-10)20(17,18)13-15-11-6-2-3-7-12(11)19-13/h2-3,6-7,10,14H,4-5,8-9H2,1H3/t10-/m1/s1. The van der Waals surface area contributed by atoms with Crippen LogP contribution in [0.25, 0.3) is 11.1 Å². The molecule has 1 fully saturated rings. The molecule has 0 amide bonds. The van der Waals surface area contributed by atoms with E-state index in [0.29, 0.717) is 24.2 Å². The Bertz CT molecular complexity index is 677. The maximum absolute atomic E-state index is 12.6. The minimum Gasteiger partial charge on any atom is -0.427 e. The third-order valence-electron chi connectivity index (χ3n) is 3.63. The van der Waals surface area contributed by atoms with Crippen LogP contribution in [-0.2, 0) is 10.0 Å². The number of likely N-dealkylation sites (N-methyl/N-ethyl adjacent to an activating group) is 1. The molecule has 1 atom stereocenters. The first-order chi connectivity index (χ1) is 9.61. The van der Waals surface area contributed by atoms with Crippen LogP contribution in [0, 0.1) is 0 Å². The maximum Gasteiger partial charge on any atom is 0.332 e. The van der Waals surface area contributed by atoms with Crippen LogP contribution < -0.4 is 5.32 Å². The van der Waals surface area contributed by atoms with Crippen LogP contribution >= 0.6 is 0 Å². The van der Waals surface area contributed by atoms with Crippen LogP contribution in [0.1, 0.15) is 12.8 Å². The Morgan fingerprint density at radius 3 is 2.95 bits per heavy atom. The summed E-state index contributed by atoms with van der Waals surface area (Å²) in [5.74, 6) is 0. The number of para-hydroxylation sites is 2. The monoisotopic (exact) mass is 295 g/mol. The second-order valence-electron chi connectivity index (χ2n) is 4.94. The number of fused-ring (bicyclic) bond motifs is 1. The number of oxazole rings is 1. The van der Waals surface area contributed by atoms with Crippen molar-refractivity contribution < 1.29 is 12.8 Å². The number of hydrogen-bond donors (Lipinski definition) is 1. The number of nitrogens with zero attached hydrogens (tertiary/aromatic N) is 2. The number of sulfonamides is 1. The van der Waals surface area contributed by atoms with E-state index in [4.69, 9.17) is 4.42 Å². The fourth-order valence-corrected chi connectivity index (χ4v) is 3.84. The summed E-state index contributed by atoms with van der Waals surface area (Å²) in [4.78, 5) is 4.09. The molecule has 1 saturated heterocycles. The van der Waals surface area contributed by atoms with E-state index in [1.165, 1.54) is 4.31 Å². The topological polar surface area (TPSA) is 75.4 Å². The van der Waals surface area contributed by atoms with E-state index in [9.17, 15) is 8.42 Å². The predicted octanol–water partition coefficient (Wildman–Crippen LogP) is 1.20. The van der Waals surface area contributed by atoms with Crippen molar-refractivity contribution in [3.63, 3.8) is 0 Å². The molecule has 0 radical (unpaired) electrons. The van der Waals surface area contributed by atoms with Gasteiger partial charge in [0.25, 0.3) is 10.0 Å². The lowest BCUT2D eigenvalue weighted by molar-refractivity contribution is 0.285. The Hall–Kier alpha value is -1.44. The number of nitrogens with one attached hydrogen (secondary N) is 1. The molecule has 2 aromatic rings. The van der Waals surface area contributed by atoms with Crippen molar-refractivity contribution in [2.45, 2.75) is 24.1 Å². The van der Waals surface area contributed by atoms with Gasteiger partial charge in [0.15, 0.2) is 5.58 Å². The van der Waals surface area contributed by atoms with E-state index in [0.717, 1.165) is 12.8 Å². The fourth-order valence-electron chi connectivity index (χ4n) is 2.47. The molecule has 1 aliphatic rings. The molecule has 0 saturated carbocycles. The lowest BCUT2D eigenvalue weighted by atomic mass is 10.1. The third kappa shape index (κ3) is 2.32. The lowest BCUT2D eigenvalue weighted by Gasteiger charge is -2.30. The summed E-state index contributed by atoms with van der Waals surface area (Å²) in [5, 5.41) is 2.91. The molecule has 3 rings (SSSR count). The quantitative estimate of drug-likeness (QED) is 0.921. The largest absolute Gasteiger partial charge is 0.427 e. The SMILES string of the molecule is CN[C@@H]1CCCN(S(=O)(=O)c2nc3ccccc3o2)C1. The number of piperidine rings is 1. The summed E-state index contributed by atoms with van der Waals surface area (Å²) < 4.78 is 32.0. The van der Waals surface area contributed by atoms with E-state index in [-0.39, 0.29) is 11.3 Å². The van der Waals surface area contributed by atoms with Gasteiger partial charge in [0.1, 0.15) is 5.52 Å². The zero-order valence-corrected chi connectivity index (χ0v) is 12.1. The second kappa shape index (κ2) is 5.16. The van der Waals surface area contributed by atoms with Gasteiger partial charge in [0, 0.05) is 19.1 Å². The molecular weight excluding hydrogens is 278 g/mol. The lowest BCUT2D eigenvalue weighted by Crippen LogP contribution is -2.46. The highest BCUT2D eigenvalue weighted by atomic mass is 32.2. The van der Waals surface area contributed by atoms with E-state index >= 15 is 0 Å². The Kier molecular flexibility index (Phi) is 3.49. The van der Waals surface area contributed by atoms with Crippen molar-refractivity contribution in [1.29, 1.82) is 0 Å². The highest BCUT2D eigenvalue weighted by Gasteiger charge is 2.33. The molecule has 2 heterocycles. The Labute approximate surface area is 117 Å². The van der Waals surface area contributed by atoms with Crippen molar-refractivity contribution in [2.24, 2.45) is 0 Å². The Morgan fingerprint density at radius 1 is 1.40 bits per heavy atom. The number of benzene rings is 1. The number of aromatic nitrogens is 1. The molecule has 1 aromatic heterocycles. The van der Waals surface area contributed by atoms with Crippen LogP contribution in [-0.4, -0.2) is 43.9 Å². The van der Waals surface area contributed by atoms with E-state index in [1.807, 2.05) is 7.05 Å². The number of hydrogen-bond acceptors (Lipinski definition) is 5. The molecule has 1 aliphatic heterocycles. The summed E-state index contributed by atoms with van der Waals surface area (Å²) in [6.07, 6.45) is 1.82. The van der Waals surface area contributed by atoms with Gasteiger partial charge in [0.2, 0.25) is 0 Å². The van der Waals surface area contributed by atoms with Gasteiger partial charge in [-0.2, -0.15) is 9.29 Å². The first kappa shape index (κ1) is 13.5. The summed E-state index contributed by atoms with van der Waals surface area (Å²) in [6, 6.07) is 7.24. The normalized spacial score (nSPS) is 21.4. The average Bonchev–Trinajstić information content (AvgIpc) is 2.92. The number of rotatable bonds is 3. The van der Waals surface area contributed by atoms with Crippen LogP contribution in [0.2, 0.25) is 0 Å². The minimum absolute atomic E-state index is 0.183. The zero-order chi connectivity index (χ0) is 14.2. The van der Waals surface area contributed by atoms with E-state index in [1.54, 1.807) is 24.3 Å². The van der Waals surface area contributed by atoms with E-state index < -0.39 is 10.0 Å². The molecule has 20 heavy (non-hydrogen) atoms. The summed E-state index contributed by atoms with van der Waals surface area (Å²) in [7, 11) is -1.80. The van der Waals surface area contributed by atoms with Crippen LogP contribution in [0.5, 0.6) is 0 Å². The van der Waals surface area contributed by atoms with Crippen LogP contribution in [0.15, 0.2) is 33.9 Å².